The molecule has 0 aliphatic rings. The molecular weight excluding hydrogens is 350 g/mol. The first-order valence-electron chi connectivity index (χ1n) is 7.49. The maximum atomic E-state index is 12.9. The highest BCUT2D eigenvalue weighted by atomic mass is 32.1. The predicted molar refractivity (Wildman–Crippen MR) is 102 cm³/mol. The summed E-state index contributed by atoms with van der Waals surface area (Å²) in [6.45, 7) is 0. The zero-order valence-electron chi connectivity index (χ0n) is 12.9. The number of rotatable bonds is 3. The van der Waals surface area contributed by atoms with Gasteiger partial charge < -0.3 is 5.32 Å². The van der Waals surface area contributed by atoms with Crippen molar-refractivity contribution >= 4 is 44.5 Å². The van der Waals surface area contributed by atoms with E-state index in [1.54, 1.807) is 22.8 Å². The second-order valence-corrected chi connectivity index (χ2v) is 7.14. The summed E-state index contributed by atoms with van der Waals surface area (Å²) in [7, 11) is 0. The number of fused-ring (bicyclic) bond motifs is 1. The molecule has 0 atom stereocenters. The van der Waals surface area contributed by atoms with E-state index in [0.717, 1.165) is 21.5 Å². The third-order valence-electron chi connectivity index (χ3n) is 3.75. The molecule has 0 radical (unpaired) electrons. The molecule has 4 aromatic rings. The minimum Gasteiger partial charge on any atom is -0.312 e. The van der Waals surface area contributed by atoms with Gasteiger partial charge in [-0.05, 0) is 35.0 Å². The van der Waals surface area contributed by atoms with E-state index in [2.05, 4.69) is 16.4 Å². The summed E-state index contributed by atoms with van der Waals surface area (Å²) in [6.07, 6.45) is 0. The lowest BCUT2D eigenvalue weighted by Crippen LogP contribution is -2.12. The van der Waals surface area contributed by atoms with Gasteiger partial charge in [-0.15, -0.1) is 22.7 Å². The number of nitrogens with one attached hydrogen (secondary N) is 1. The number of para-hydroxylation sites is 1. The molecule has 3 heterocycles. The lowest BCUT2D eigenvalue weighted by molar-refractivity contribution is 0.102. The number of anilines is 1. The van der Waals surface area contributed by atoms with Crippen molar-refractivity contribution in [1.29, 1.82) is 5.26 Å². The molecule has 0 aliphatic heterocycles. The topological polar surface area (TPSA) is 65.8 Å². The molecule has 0 saturated carbocycles. The first kappa shape index (κ1) is 15.5. The summed E-state index contributed by atoms with van der Waals surface area (Å²) in [5.41, 5.74) is 2.55. The van der Waals surface area contributed by atoms with Crippen molar-refractivity contribution in [3.05, 3.63) is 70.4 Å². The lowest BCUT2D eigenvalue weighted by atomic mass is 10.1. The Bertz CT molecular complexity index is 1110. The monoisotopic (exact) mass is 361 g/mol. The number of nitriles is 1. The van der Waals surface area contributed by atoms with E-state index in [-0.39, 0.29) is 5.91 Å². The van der Waals surface area contributed by atoms with Crippen LogP contribution in [0.15, 0.2) is 59.3 Å². The number of pyridine rings is 1. The summed E-state index contributed by atoms with van der Waals surface area (Å²) in [5.74, 6) is -0.240. The molecule has 3 aromatic heterocycles. The summed E-state index contributed by atoms with van der Waals surface area (Å²) < 4.78 is 0. The van der Waals surface area contributed by atoms with Crippen molar-refractivity contribution in [1.82, 2.24) is 4.98 Å². The summed E-state index contributed by atoms with van der Waals surface area (Å²) >= 11 is 2.92. The van der Waals surface area contributed by atoms with E-state index in [9.17, 15) is 4.79 Å². The number of thiophene rings is 2. The molecule has 1 N–H and O–H groups in total. The number of carbonyl (C=O) groups excluding carboxylic acids is 1. The first-order valence-corrected chi connectivity index (χ1v) is 9.25. The third kappa shape index (κ3) is 2.91. The molecule has 0 fully saturated rings. The average molecular weight is 361 g/mol. The van der Waals surface area contributed by atoms with Crippen molar-refractivity contribution < 1.29 is 4.79 Å². The lowest BCUT2D eigenvalue weighted by Gasteiger charge is -2.09. The highest BCUT2D eigenvalue weighted by Gasteiger charge is 2.16. The summed E-state index contributed by atoms with van der Waals surface area (Å²) in [4.78, 5) is 18.6. The minimum atomic E-state index is -0.240. The maximum absolute atomic E-state index is 12.9. The standard InChI is InChI=1S/C19H11N3OS2/c20-11-12-7-9-25-19(12)22-18(23)14-10-16(17-6-3-8-24-17)21-15-5-2-1-4-13(14)15/h1-10H,(H,22,23). The van der Waals surface area contributed by atoms with Crippen molar-refractivity contribution in [2.45, 2.75) is 0 Å². The van der Waals surface area contributed by atoms with E-state index >= 15 is 0 Å². The van der Waals surface area contributed by atoms with E-state index in [1.165, 1.54) is 11.3 Å². The number of hydrogen-bond acceptors (Lipinski definition) is 5. The van der Waals surface area contributed by atoms with Crippen molar-refractivity contribution in [3.63, 3.8) is 0 Å². The Hall–Kier alpha value is -3.01. The number of amides is 1. The zero-order chi connectivity index (χ0) is 17.2. The largest absolute Gasteiger partial charge is 0.312 e. The summed E-state index contributed by atoms with van der Waals surface area (Å²) in [5, 5.41) is 17.1. The van der Waals surface area contributed by atoms with Gasteiger partial charge in [0.05, 0.1) is 27.2 Å². The Balaban J connectivity index is 1.82. The van der Waals surface area contributed by atoms with Crippen LogP contribution in [-0.2, 0) is 0 Å². The smallest absolute Gasteiger partial charge is 0.257 e. The van der Waals surface area contributed by atoms with Gasteiger partial charge in [-0.2, -0.15) is 5.26 Å². The fraction of sp³-hybridized carbons (Fsp3) is 0. The van der Waals surface area contributed by atoms with Gasteiger partial charge in [0.25, 0.3) is 5.91 Å². The molecule has 6 heteroatoms. The highest BCUT2D eigenvalue weighted by Crippen LogP contribution is 2.29. The number of hydrogen-bond donors (Lipinski definition) is 1. The zero-order valence-corrected chi connectivity index (χ0v) is 14.5. The second-order valence-electron chi connectivity index (χ2n) is 5.28. The van der Waals surface area contributed by atoms with E-state index in [0.29, 0.717) is 16.1 Å². The van der Waals surface area contributed by atoms with Crippen LogP contribution in [0.4, 0.5) is 5.00 Å². The van der Waals surface area contributed by atoms with Gasteiger partial charge in [0.2, 0.25) is 0 Å². The number of benzene rings is 1. The molecule has 0 unspecified atom stereocenters. The Labute approximate surface area is 152 Å². The van der Waals surface area contributed by atoms with Crippen LogP contribution in [0.25, 0.3) is 21.5 Å². The van der Waals surface area contributed by atoms with Gasteiger partial charge in [0.1, 0.15) is 11.1 Å². The van der Waals surface area contributed by atoms with Crippen molar-refractivity contribution in [2.75, 3.05) is 5.32 Å². The average Bonchev–Trinajstić information content (AvgIpc) is 3.32. The van der Waals surface area contributed by atoms with Crippen LogP contribution in [0.2, 0.25) is 0 Å². The highest BCUT2D eigenvalue weighted by molar-refractivity contribution is 7.14. The number of carbonyl (C=O) groups is 1. The number of nitrogens with zero attached hydrogens (tertiary/aromatic N) is 2. The quantitative estimate of drug-likeness (QED) is 0.549. The molecule has 120 valence electrons. The van der Waals surface area contributed by atoms with Gasteiger partial charge in [-0.25, -0.2) is 4.98 Å². The van der Waals surface area contributed by atoms with Gasteiger partial charge in [-0.1, -0.05) is 24.3 Å². The molecule has 4 nitrogen and oxygen atoms in total. The van der Waals surface area contributed by atoms with Crippen molar-refractivity contribution in [2.24, 2.45) is 0 Å². The Morgan fingerprint density at radius 2 is 1.96 bits per heavy atom. The molecule has 1 amide bonds. The van der Waals surface area contributed by atoms with Gasteiger partial charge in [-0.3, -0.25) is 4.79 Å². The summed E-state index contributed by atoms with van der Waals surface area (Å²) in [6, 6.07) is 17.1. The molecule has 0 bridgehead atoms. The van der Waals surface area contributed by atoms with Crippen LogP contribution in [-0.4, -0.2) is 10.9 Å². The van der Waals surface area contributed by atoms with Gasteiger partial charge in [0, 0.05) is 5.39 Å². The Kier molecular flexibility index (Phi) is 4.02. The Morgan fingerprint density at radius 3 is 2.76 bits per heavy atom. The molecule has 4 rings (SSSR count). The van der Waals surface area contributed by atoms with E-state index < -0.39 is 0 Å². The molecule has 1 aromatic carbocycles. The van der Waals surface area contributed by atoms with Gasteiger partial charge >= 0.3 is 0 Å². The molecule has 0 saturated heterocycles. The Morgan fingerprint density at radius 1 is 1.08 bits per heavy atom. The third-order valence-corrected chi connectivity index (χ3v) is 5.47. The van der Waals surface area contributed by atoms with Crippen molar-refractivity contribution in [3.8, 4) is 16.6 Å². The second kappa shape index (κ2) is 6.48. The van der Waals surface area contributed by atoms with Crippen LogP contribution in [0, 0.1) is 11.3 Å². The van der Waals surface area contributed by atoms with Crippen LogP contribution in [0.5, 0.6) is 0 Å². The van der Waals surface area contributed by atoms with Crippen LogP contribution >= 0.6 is 22.7 Å². The van der Waals surface area contributed by atoms with Crippen LogP contribution in [0.3, 0.4) is 0 Å². The van der Waals surface area contributed by atoms with Crippen LogP contribution in [0.1, 0.15) is 15.9 Å². The minimum absolute atomic E-state index is 0.240. The van der Waals surface area contributed by atoms with E-state index in [1.807, 2.05) is 47.8 Å². The van der Waals surface area contributed by atoms with Crippen LogP contribution < -0.4 is 5.32 Å². The molecular formula is C19H11N3OS2. The fourth-order valence-corrected chi connectivity index (χ4v) is 4.00. The van der Waals surface area contributed by atoms with E-state index in [4.69, 9.17) is 5.26 Å². The molecule has 0 spiro atoms. The number of aromatic nitrogens is 1. The normalized spacial score (nSPS) is 10.5. The first-order chi connectivity index (χ1) is 12.3. The predicted octanol–water partition coefficient (Wildman–Crippen LogP) is 5.15. The van der Waals surface area contributed by atoms with Gasteiger partial charge in [0.15, 0.2) is 0 Å². The molecule has 25 heavy (non-hydrogen) atoms. The SMILES string of the molecule is N#Cc1ccsc1NC(=O)c1cc(-c2cccs2)nc2ccccc12. The fourth-order valence-electron chi connectivity index (χ4n) is 2.58. The maximum Gasteiger partial charge on any atom is 0.257 e. The molecule has 0 aliphatic carbocycles.